The molecule has 0 fully saturated rings. The van der Waals surface area contributed by atoms with Crippen molar-refractivity contribution in [1.82, 2.24) is 10.2 Å². The average molecular weight is 347 g/mol. The second kappa shape index (κ2) is 7.17. The van der Waals surface area contributed by atoms with Crippen LogP contribution < -0.4 is 14.8 Å². The highest BCUT2D eigenvalue weighted by atomic mass is 32.2. The van der Waals surface area contributed by atoms with E-state index in [0.717, 1.165) is 16.9 Å². The van der Waals surface area contributed by atoms with Gasteiger partial charge in [-0.2, -0.15) is 5.10 Å². The van der Waals surface area contributed by atoms with E-state index in [2.05, 4.69) is 29.4 Å². The molecule has 0 unspecified atom stereocenters. The molecule has 1 aromatic carbocycles. The van der Waals surface area contributed by atoms with E-state index in [0.29, 0.717) is 29.8 Å². The number of hydrogen-bond donors (Lipinski definition) is 2. The SMILES string of the molecule is COc1cccc([C@H]2SCC(=O)Nc3[nH]ncc32)c1OCC(C)C. The summed E-state index contributed by atoms with van der Waals surface area (Å²) in [6, 6.07) is 5.85. The molecule has 2 heterocycles. The van der Waals surface area contributed by atoms with E-state index in [1.165, 1.54) is 0 Å². The molecule has 6 nitrogen and oxygen atoms in total. The van der Waals surface area contributed by atoms with Crippen LogP contribution in [0.3, 0.4) is 0 Å². The van der Waals surface area contributed by atoms with Crippen molar-refractivity contribution in [2.45, 2.75) is 19.1 Å². The van der Waals surface area contributed by atoms with E-state index in [4.69, 9.17) is 9.47 Å². The lowest BCUT2D eigenvalue weighted by atomic mass is 10.0. The number of anilines is 1. The van der Waals surface area contributed by atoms with Gasteiger partial charge in [-0.05, 0) is 12.0 Å². The van der Waals surface area contributed by atoms with Gasteiger partial charge in [-0.25, -0.2) is 0 Å². The van der Waals surface area contributed by atoms with Crippen LogP contribution >= 0.6 is 11.8 Å². The Morgan fingerprint density at radius 1 is 1.38 bits per heavy atom. The zero-order valence-electron chi connectivity index (χ0n) is 14.0. The van der Waals surface area contributed by atoms with Crippen LogP contribution in [0.1, 0.15) is 30.2 Å². The first kappa shape index (κ1) is 16.7. The van der Waals surface area contributed by atoms with Crippen LogP contribution in [0, 0.1) is 5.92 Å². The average Bonchev–Trinajstić information content (AvgIpc) is 2.95. The molecule has 1 aromatic heterocycles. The van der Waals surface area contributed by atoms with E-state index < -0.39 is 0 Å². The minimum atomic E-state index is -0.0602. The van der Waals surface area contributed by atoms with Gasteiger partial charge in [-0.3, -0.25) is 9.89 Å². The molecular formula is C17H21N3O3S. The van der Waals surface area contributed by atoms with Crippen molar-refractivity contribution in [3.63, 3.8) is 0 Å². The molecule has 24 heavy (non-hydrogen) atoms. The number of rotatable bonds is 5. The molecule has 0 saturated carbocycles. The number of carbonyl (C=O) groups excluding carboxylic acids is 1. The summed E-state index contributed by atoms with van der Waals surface area (Å²) in [5.41, 5.74) is 1.92. The molecule has 0 spiro atoms. The highest BCUT2D eigenvalue weighted by Crippen LogP contribution is 2.46. The molecule has 7 heteroatoms. The number of H-pyrrole nitrogens is 1. The molecule has 0 bridgehead atoms. The predicted molar refractivity (Wildman–Crippen MR) is 94.8 cm³/mol. The van der Waals surface area contributed by atoms with Crippen molar-refractivity contribution in [2.24, 2.45) is 5.92 Å². The number of ether oxygens (including phenoxy) is 2. The van der Waals surface area contributed by atoms with Crippen molar-refractivity contribution in [3.05, 3.63) is 35.5 Å². The number of benzene rings is 1. The maximum atomic E-state index is 11.9. The lowest BCUT2D eigenvalue weighted by molar-refractivity contribution is -0.113. The van der Waals surface area contributed by atoms with Crippen LogP contribution in [0.2, 0.25) is 0 Å². The van der Waals surface area contributed by atoms with Crippen LogP contribution in [0.25, 0.3) is 0 Å². The first-order valence-corrected chi connectivity index (χ1v) is 8.89. The number of nitrogens with one attached hydrogen (secondary N) is 2. The van der Waals surface area contributed by atoms with Crippen LogP contribution in [0.4, 0.5) is 5.82 Å². The summed E-state index contributed by atoms with van der Waals surface area (Å²) < 4.78 is 11.5. The van der Waals surface area contributed by atoms with Crippen molar-refractivity contribution >= 4 is 23.5 Å². The Morgan fingerprint density at radius 3 is 2.96 bits per heavy atom. The van der Waals surface area contributed by atoms with Gasteiger partial charge in [0.1, 0.15) is 5.82 Å². The minimum absolute atomic E-state index is 0.0412. The number of hydrogen-bond acceptors (Lipinski definition) is 5. The summed E-state index contributed by atoms with van der Waals surface area (Å²) in [7, 11) is 1.63. The van der Waals surface area contributed by atoms with Gasteiger partial charge < -0.3 is 14.8 Å². The monoisotopic (exact) mass is 347 g/mol. The van der Waals surface area contributed by atoms with Gasteiger partial charge in [0.2, 0.25) is 5.91 Å². The Labute approximate surface area is 145 Å². The normalized spacial score (nSPS) is 17.2. The molecule has 2 aromatic rings. The Morgan fingerprint density at radius 2 is 2.21 bits per heavy atom. The Balaban J connectivity index is 2.04. The lowest BCUT2D eigenvalue weighted by Crippen LogP contribution is -2.12. The molecule has 0 aliphatic carbocycles. The third kappa shape index (κ3) is 3.36. The highest BCUT2D eigenvalue weighted by Gasteiger charge is 2.29. The number of para-hydroxylation sites is 1. The third-order valence-corrected chi connectivity index (χ3v) is 4.94. The van der Waals surface area contributed by atoms with Gasteiger partial charge in [-0.15, -0.1) is 11.8 Å². The predicted octanol–water partition coefficient (Wildman–Crippen LogP) is 3.23. The molecule has 3 rings (SSSR count). The van der Waals surface area contributed by atoms with E-state index in [-0.39, 0.29) is 11.2 Å². The van der Waals surface area contributed by atoms with Gasteiger partial charge >= 0.3 is 0 Å². The Kier molecular flexibility index (Phi) is 4.99. The number of aromatic nitrogens is 2. The topological polar surface area (TPSA) is 76.2 Å². The van der Waals surface area contributed by atoms with Crippen molar-refractivity contribution in [3.8, 4) is 11.5 Å². The minimum Gasteiger partial charge on any atom is -0.493 e. The number of thioether (sulfide) groups is 1. The van der Waals surface area contributed by atoms with Gasteiger partial charge in [0.05, 0.1) is 30.9 Å². The molecule has 128 valence electrons. The number of fused-ring (bicyclic) bond motifs is 1. The quantitative estimate of drug-likeness (QED) is 0.868. The molecular weight excluding hydrogens is 326 g/mol. The van der Waals surface area contributed by atoms with Crippen molar-refractivity contribution in [1.29, 1.82) is 0 Å². The zero-order chi connectivity index (χ0) is 17.1. The molecule has 1 aliphatic rings. The molecule has 1 amide bonds. The van der Waals surface area contributed by atoms with Gasteiger partial charge in [0.15, 0.2) is 11.5 Å². The van der Waals surface area contributed by atoms with E-state index in [9.17, 15) is 4.79 Å². The summed E-state index contributed by atoms with van der Waals surface area (Å²) >= 11 is 1.55. The van der Waals surface area contributed by atoms with E-state index >= 15 is 0 Å². The van der Waals surface area contributed by atoms with E-state index in [1.807, 2.05) is 18.2 Å². The fourth-order valence-electron chi connectivity index (χ4n) is 2.58. The summed E-state index contributed by atoms with van der Waals surface area (Å²) in [6.07, 6.45) is 1.75. The van der Waals surface area contributed by atoms with Crippen LogP contribution in [-0.4, -0.2) is 35.6 Å². The molecule has 1 atom stereocenters. The molecule has 0 radical (unpaired) electrons. The fraction of sp³-hybridized carbons (Fsp3) is 0.412. The smallest absolute Gasteiger partial charge is 0.235 e. The Bertz CT molecular complexity index is 730. The van der Waals surface area contributed by atoms with E-state index in [1.54, 1.807) is 25.1 Å². The highest BCUT2D eigenvalue weighted by molar-refractivity contribution is 8.00. The van der Waals surface area contributed by atoms with Crippen LogP contribution in [0.15, 0.2) is 24.4 Å². The number of methoxy groups -OCH3 is 1. The molecule has 1 aliphatic heterocycles. The van der Waals surface area contributed by atoms with Crippen LogP contribution in [0.5, 0.6) is 11.5 Å². The first-order valence-electron chi connectivity index (χ1n) is 7.84. The van der Waals surface area contributed by atoms with Gasteiger partial charge in [-0.1, -0.05) is 26.0 Å². The number of nitrogens with zero attached hydrogens (tertiary/aromatic N) is 1. The summed E-state index contributed by atoms with van der Waals surface area (Å²) in [5.74, 6) is 2.80. The summed E-state index contributed by atoms with van der Waals surface area (Å²) in [4.78, 5) is 11.9. The summed E-state index contributed by atoms with van der Waals surface area (Å²) in [6.45, 7) is 4.80. The number of aromatic amines is 1. The van der Waals surface area contributed by atoms with Gasteiger partial charge in [0, 0.05) is 11.1 Å². The van der Waals surface area contributed by atoms with Gasteiger partial charge in [0.25, 0.3) is 0 Å². The lowest BCUT2D eigenvalue weighted by Gasteiger charge is -2.21. The zero-order valence-corrected chi connectivity index (χ0v) is 14.8. The second-order valence-electron chi connectivity index (χ2n) is 6.02. The molecule has 0 saturated heterocycles. The maximum absolute atomic E-state index is 11.9. The summed E-state index contributed by atoms with van der Waals surface area (Å²) in [5, 5.41) is 9.73. The molecule has 2 N–H and O–H groups in total. The maximum Gasteiger partial charge on any atom is 0.235 e. The number of amides is 1. The Hall–Kier alpha value is -2.15. The first-order chi connectivity index (χ1) is 11.6. The number of carbonyl (C=O) groups is 1. The largest absolute Gasteiger partial charge is 0.493 e. The van der Waals surface area contributed by atoms with Crippen molar-refractivity contribution < 1.29 is 14.3 Å². The second-order valence-corrected chi connectivity index (χ2v) is 7.12. The standard InChI is InChI=1S/C17H21N3O3S/c1-10(2)8-23-15-11(5-4-6-13(15)22-3)16-12-7-18-20-17(12)19-14(21)9-24-16/h4-7,10,16H,8-9H2,1-3H3,(H2,18,19,20,21)/t16-/m1/s1. The van der Waals surface area contributed by atoms with Crippen LogP contribution in [-0.2, 0) is 4.79 Å². The fourth-order valence-corrected chi connectivity index (χ4v) is 3.69. The third-order valence-electron chi connectivity index (χ3n) is 3.67. The van der Waals surface area contributed by atoms with Crippen molar-refractivity contribution in [2.75, 3.05) is 24.8 Å².